The van der Waals surface area contributed by atoms with Gasteiger partial charge in [-0.05, 0) is 17.7 Å². The van der Waals surface area contributed by atoms with E-state index in [0.29, 0.717) is 18.0 Å². The lowest BCUT2D eigenvalue weighted by Crippen LogP contribution is -2.27. The number of amides is 2. The molecule has 90 valence electrons. The average molecular weight is 236 g/mol. The van der Waals surface area contributed by atoms with Crippen molar-refractivity contribution in [2.24, 2.45) is 0 Å². The predicted octanol–water partition coefficient (Wildman–Crippen LogP) is -0.374. The molecule has 2 amide bonds. The highest BCUT2D eigenvalue weighted by Crippen LogP contribution is 2.28. The number of carbonyl (C=O) groups excluding carboxylic acids is 2. The molecule has 3 N–H and O–H groups in total. The standard InChI is InChI=1S/C11H12N2O4/c14-5-10(15)12-4-7-1-2-9-8(3-7)13-11(16)6-17-9/h1-3,14H,4-6H2,(H,12,15)(H,13,16). The van der Waals surface area contributed by atoms with Gasteiger partial charge in [0.1, 0.15) is 12.4 Å². The molecule has 1 heterocycles. The highest BCUT2D eigenvalue weighted by atomic mass is 16.5. The molecule has 1 aliphatic heterocycles. The van der Waals surface area contributed by atoms with E-state index < -0.39 is 12.5 Å². The van der Waals surface area contributed by atoms with Crippen LogP contribution in [-0.2, 0) is 16.1 Å². The Labute approximate surface area is 97.6 Å². The third-order valence-corrected chi connectivity index (χ3v) is 2.31. The first kappa shape index (κ1) is 11.4. The first-order chi connectivity index (χ1) is 8.19. The molecule has 0 saturated carbocycles. The van der Waals surface area contributed by atoms with Gasteiger partial charge in [0.15, 0.2) is 6.61 Å². The quantitative estimate of drug-likeness (QED) is 0.668. The number of fused-ring (bicyclic) bond motifs is 1. The highest BCUT2D eigenvalue weighted by molar-refractivity contribution is 5.95. The average Bonchev–Trinajstić information content (AvgIpc) is 2.35. The van der Waals surface area contributed by atoms with Crippen molar-refractivity contribution in [3.8, 4) is 5.75 Å². The Kier molecular flexibility index (Phi) is 3.24. The maximum atomic E-state index is 11.1. The zero-order valence-corrected chi connectivity index (χ0v) is 9.03. The molecule has 0 aliphatic carbocycles. The Balaban J connectivity index is 2.07. The fourth-order valence-corrected chi connectivity index (χ4v) is 1.50. The zero-order chi connectivity index (χ0) is 12.3. The van der Waals surface area contributed by atoms with Crippen LogP contribution in [0.1, 0.15) is 5.56 Å². The minimum atomic E-state index is -0.537. The number of hydrogen-bond acceptors (Lipinski definition) is 4. The molecule has 0 fully saturated rings. The molecule has 17 heavy (non-hydrogen) atoms. The van der Waals surface area contributed by atoms with E-state index in [-0.39, 0.29) is 12.5 Å². The molecule has 0 radical (unpaired) electrons. The Bertz CT molecular complexity index is 459. The smallest absolute Gasteiger partial charge is 0.262 e. The van der Waals surface area contributed by atoms with Crippen LogP contribution in [0.3, 0.4) is 0 Å². The van der Waals surface area contributed by atoms with E-state index in [4.69, 9.17) is 9.84 Å². The minimum absolute atomic E-state index is 0.0214. The first-order valence-electron chi connectivity index (χ1n) is 5.12. The summed E-state index contributed by atoms with van der Waals surface area (Å²) in [5.74, 6) is -0.0288. The number of rotatable bonds is 3. The second-order valence-electron chi connectivity index (χ2n) is 3.60. The number of nitrogens with one attached hydrogen (secondary N) is 2. The summed E-state index contributed by atoms with van der Waals surface area (Å²) in [6, 6.07) is 5.24. The van der Waals surface area contributed by atoms with Gasteiger partial charge in [-0.3, -0.25) is 9.59 Å². The largest absolute Gasteiger partial charge is 0.482 e. The van der Waals surface area contributed by atoms with Crippen LogP contribution in [-0.4, -0.2) is 30.1 Å². The Morgan fingerprint density at radius 1 is 1.53 bits per heavy atom. The van der Waals surface area contributed by atoms with Crippen LogP contribution in [0.2, 0.25) is 0 Å². The topological polar surface area (TPSA) is 87.7 Å². The molecular weight excluding hydrogens is 224 g/mol. The molecular formula is C11H12N2O4. The minimum Gasteiger partial charge on any atom is -0.482 e. The number of anilines is 1. The summed E-state index contributed by atoms with van der Waals surface area (Å²) < 4.78 is 5.20. The molecule has 0 atom stereocenters. The molecule has 6 heteroatoms. The van der Waals surface area contributed by atoms with E-state index in [1.54, 1.807) is 18.2 Å². The Morgan fingerprint density at radius 2 is 2.35 bits per heavy atom. The summed E-state index contributed by atoms with van der Waals surface area (Å²) in [5.41, 5.74) is 1.41. The number of hydrogen-bond donors (Lipinski definition) is 3. The van der Waals surface area contributed by atoms with Crippen LogP contribution in [0.15, 0.2) is 18.2 Å². The SMILES string of the molecule is O=C(CO)NCc1ccc2c(c1)NC(=O)CO2. The van der Waals surface area contributed by atoms with Crippen molar-refractivity contribution >= 4 is 17.5 Å². The molecule has 6 nitrogen and oxygen atoms in total. The molecule has 1 aromatic rings. The van der Waals surface area contributed by atoms with Crippen LogP contribution in [0.5, 0.6) is 5.75 Å². The van der Waals surface area contributed by atoms with Gasteiger partial charge in [0.2, 0.25) is 5.91 Å². The van der Waals surface area contributed by atoms with Gasteiger partial charge in [-0.25, -0.2) is 0 Å². The summed E-state index contributed by atoms with van der Waals surface area (Å²) in [6.45, 7) is -0.221. The zero-order valence-electron chi connectivity index (χ0n) is 9.03. The Hall–Kier alpha value is -2.08. The van der Waals surface area contributed by atoms with Crippen molar-refractivity contribution in [2.75, 3.05) is 18.5 Å². The number of ether oxygens (including phenoxy) is 1. The molecule has 2 rings (SSSR count). The summed E-state index contributed by atoms with van der Waals surface area (Å²) in [7, 11) is 0. The van der Waals surface area contributed by atoms with Gasteiger partial charge in [0.05, 0.1) is 5.69 Å². The van der Waals surface area contributed by atoms with Gasteiger partial charge in [-0.1, -0.05) is 6.07 Å². The number of aliphatic hydroxyl groups excluding tert-OH is 1. The van der Waals surface area contributed by atoms with Gasteiger partial charge in [-0.2, -0.15) is 0 Å². The van der Waals surface area contributed by atoms with Crippen LogP contribution in [0, 0.1) is 0 Å². The molecule has 0 spiro atoms. The lowest BCUT2D eigenvalue weighted by Gasteiger charge is -2.18. The van der Waals surface area contributed by atoms with E-state index in [2.05, 4.69) is 10.6 Å². The molecule has 1 aliphatic rings. The lowest BCUT2D eigenvalue weighted by atomic mass is 10.1. The van der Waals surface area contributed by atoms with Crippen molar-refractivity contribution in [3.05, 3.63) is 23.8 Å². The van der Waals surface area contributed by atoms with Crippen LogP contribution < -0.4 is 15.4 Å². The summed E-state index contributed by atoms with van der Waals surface area (Å²) in [6.07, 6.45) is 0. The van der Waals surface area contributed by atoms with Crippen LogP contribution >= 0.6 is 0 Å². The van der Waals surface area contributed by atoms with Crippen molar-refractivity contribution in [3.63, 3.8) is 0 Å². The third-order valence-electron chi connectivity index (χ3n) is 2.31. The molecule has 0 unspecified atom stereocenters. The van der Waals surface area contributed by atoms with Crippen molar-refractivity contribution in [2.45, 2.75) is 6.54 Å². The second-order valence-corrected chi connectivity index (χ2v) is 3.60. The van der Waals surface area contributed by atoms with Crippen LogP contribution in [0.4, 0.5) is 5.69 Å². The fourth-order valence-electron chi connectivity index (χ4n) is 1.50. The maximum absolute atomic E-state index is 11.1. The van der Waals surface area contributed by atoms with Crippen LogP contribution in [0.25, 0.3) is 0 Å². The number of carbonyl (C=O) groups is 2. The van der Waals surface area contributed by atoms with Gasteiger partial charge < -0.3 is 20.5 Å². The third kappa shape index (κ3) is 2.73. The van der Waals surface area contributed by atoms with Crippen molar-refractivity contribution in [1.82, 2.24) is 5.32 Å². The first-order valence-corrected chi connectivity index (χ1v) is 5.12. The maximum Gasteiger partial charge on any atom is 0.262 e. The van der Waals surface area contributed by atoms with Gasteiger partial charge in [0.25, 0.3) is 5.91 Å². The predicted molar refractivity (Wildman–Crippen MR) is 59.5 cm³/mol. The summed E-state index contributed by atoms with van der Waals surface area (Å²) in [4.78, 5) is 22.0. The molecule has 0 saturated heterocycles. The van der Waals surface area contributed by atoms with E-state index in [0.717, 1.165) is 5.56 Å². The molecule has 1 aromatic carbocycles. The monoisotopic (exact) mass is 236 g/mol. The Morgan fingerprint density at radius 3 is 3.12 bits per heavy atom. The highest BCUT2D eigenvalue weighted by Gasteiger charge is 2.15. The van der Waals surface area contributed by atoms with E-state index >= 15 is 0 Å². The van der Waals surface area contributed by atoms with Crippen molar-refractivity contribution in [1.29, 1.82) is 0 Å². The summed E-state index contributed by atoms with van der Waals surface area (Å²) >= 11 is 0. The van der Waals surface area contributed by atoms with Gasteiger partial charge in [0, 0.05) is 6.54 Å². The molecule has 0 bridgehead atoms. The lowest BCUT2D eigenvalue weighted by molar-refractivity contribution is -0.124. The second kappa shape index (κ2) is 4.84. The van der Waals surface area contributed by atoms with E-state index in [1.807, 2.05) is 0 Å². The van der Waals surface area contributed by atoms with E-state index in [9.17, 15) is 9.59 Å². The molecule has 0 aromatic heterocycles. The van der Waals surface area contributed by atoms with Crippen molar-refractivity contribution < 1.29 is 19.4 Å². The summed E-state index contributed by atoms with van der Waals surface area (Å²) in [5, 5.41) is 13.8. The normalized spacial score (nSPS) is 13.4. The van der Waals surface area contributed by atoms with Gasteiger partial charge in [-0.15, -0.1) is 0 Å². The van der Waals surface area contributed by atoms with Gasteiger partial charge >= 0.3 is 0 Å². The fraction of sp³-hybridized carbons (Fsp3) is 0.273. The number of aliphatic hydroxyl groups is 1. The van der Waals surface area contributed by atoms with E-state index in [1.165, 1.54) is 0 Å². The number of benzene rings is 1.